The van der Waals surface area contributed by atoms with Crippen molar-refractivity contribution in [2.24, 2.45) is 23.0 Å². The Kier molecular flexibility index (Phi) is 3.25. The van der Waals surface area contributed by atoms with Crippen LogP contribution >= 0.6 is 0 Å². The number of aliphatic carboxylic acids is 1. The molecule has 1 aliphatic carbocycles. The average Bonchev–Trinajstić information content (AvgIpc) is 2.91. The molecular weight excluding hydrogens is 252 g/mol. The van der Waals surface area contributed by atoms with Gasteiger partial charge in [0.15, 0.2) is 0 Å². The molecule has 7 heteroatoms. The maximum Gasteiger partial charge on any atom is 0.307 e. The SMILES string of the molecule is CC1(C)[C@H](C(=O)O)[C@@H]1C(=O)N1CCOCC1C(N)=O. The van der Waals surface area contributed by atoms with Crippen molar-refractivity contribution in [3.8, 4) is 0 Å². The van der Waals surface area contributed by atoms with Gasteiger partial charge in [0.05, 0.1) is 25.0 Å². The van der Waals surface area contributed by atoms with E-state index in [9.17, 15) is 14.4 Å². The van der Waals surface area contributed by atoms with Gasteiger partial charge in [0, 0.05) is 6.54 Å². The Hall–Kier alpha value is -1.63. The highest BCUT2D eigenvalue weighted by atomic mass is 16.5. The molecule has 7 nitrogen and oxygen atoms in total. The van der Waals surface area contributed by atoms with E-state index in [1.165, 1.54) is 4.90 Å². The van der Waals surface area contributed by atoms with Gasteiger partial charge in [-0.2, -0.15) is 0 Å². The molecule has 0 radical (unpaired) electrons. The predicted molar refractivity (Wildman–Crippen MR) is 63.9 cm³/mol. The number of ether oxygens (including phenoxy) is 1. The van der Waals surface area contributed by atoms with Gasteiger partial charge in [-0.05, 0) is 5.41 Å². The van der Waals surface area contributed by atoms with Gasteiger partial charge < -0.3 is 20.5 Å². The lowest BCUT2D eigenvalue weighted by atomic mass is 10.1. The highest BCUT2D eigenvalue weighted by molar-refractivity contribution is 5.94. The standard InChI is InChI=1S/C12H18N2O5/c1-12(2)7(8(12)11(17)18)10(16)14-3-4-19-5-6(14)9(13)15/h6-8H,3-5H2,1-2H3,(H2,13,15)(H,17,18)/t6?,7-,8+/m1/s1. The second-order valence-electron chi connectivity index (χ2n) is 5.64. The van der Waals surface area contributed by atoms with Gasteiger partial charge in [-0.1, -0.05) is 13.8 Å². The summed E-state index contributed by atoms with van der Waals surface area (Å²) < 4.78 is 5.14. The van der Waals surface area contributed by atoms with Crippen molar-refractivity contribution >= 4 is 17.8 Å². The van der Waals surface area contributed by atoms with Gasteiger partial charge in [-0.3, -0.25) is 14.4 Å². The molecule has 1 aliphatic heterocycles. The fraction of sp³-hybridized carbons (Fsp3) is 0.750. The molecule has 0 aromatic rings. The molecule has 2 aliphatic rings. The number of carbonyl (C=O) groups is 3. The van der Waals surface area contributed by atoms with E-state index < -0.39 is 35.2 Å². The number of amides is 2. The summed E-state index contributed by atoms with van der Waals surface area (Å²) in [5.41, 5.74) is 4.67. The molecule has 106 valence electrons. The predicted octanol–water partition coefficient (Wildman–Crippen LogP) is -0.944. The summed E-state index contributed by atoms with van der Waals surface area (Å²) in [5, 5.41) is 9.09. The molecule has 2 amide bonds. The normalized spacial score (nSPS) is 32.7. The Morgan fingerprint density at radius 3 is 2.42 bits per heavy atom. The van der Waals surface area contributed by atoms with Crippen LogP contribution in [0, 0.1) is 17.3 Å². The number of rotatable bonds is 3. The number of carbonyl (C=O) groups excluding carboxylic acids is 2. The van der Waals surface area contributed by atoms with Crippen LogP contribution in [0.2, 0.25) is 0 Å². The first-order chi connectivity index (χ1) is 8.78. The molecule has 0 spiro atoms. The smallest absolute Gasteiger partial charge is 0.307 e. The molecule has 19 heavy (non-hydrogen) atoms. The van der Waals surface area contributed by atoms with Crippen molar-refractivity contribution < 1.29 is 24.2 Å². The summed E-state index contributed by atoms with van der Waals surface area (Å²) in [7, 11) is 0. The topological polar surface area (TPSA) is 110 Å². The molecule has 1 saturated heterocycles. The zero-order valence-corrected chi connectivity index (χ0v) is 11.0. The van der Waals surface area contributed by atoms with Crippen LogP contribution in [0.3, 0.4) is 0 Å². The molecule has 2 rings (SSSR count). The zero-order chi connectivity index (χ0) is 14.4. The Balaban J connectivity index is 2.15. The monoisotopic (exact) mass is 270 g/mol. The number of carboxylic acids is 1. The number of carboxylic acid groups (broad SMARTS) is 1. The van der Waals surface area contributed by atoms with Gasteiger partial charge in [0.2, 0.25) is 11.8 Å². The van der Waals surface area contributed by atoms with Gasteiger partial charge in [0.25, 0.3) is 0 Å². The van der Waals surface area contributed by atoms with Crippen LogP contribution in [0.25, 0.3) is 0 Å². The van der Waals surface area contributed by atoms with E-state index in [0.29, 0.717) is 6.61 Å². The van der Waals surface area contributed by atoms with Gasteiger partial charge >= 0.3 is 5.97 Å². The minimum atomic E-state index is -0.979. The summed E-state index contributed by atoms with van der Waals surface area (Å²) in [5.74, 6) is -3.21. The summed E-state index contributed by atoms with van der Waals surface area (Å²) in [6.07, 6.45) is 0. The minimum absolute atomic E-state index is 0.0754. The van der Waals surface area contributed by atoms with Crippen molar-refractivity contribution in [1.82, 2.24) is 4.90 Å². The first-order valence-corrected chi connectivity index (χ1v) is 6.18. The maximum atomic E-state index is 12.4. The quantitative estimate of drug-likeness (QED) is 0.687. The van der Waals surface area contributed by atoms with Crippen LogP contribution in [0.15, 0.2) is 0 Å². The Morgan fingerprint density at radius 1 is 1.32 bits per heavy atom. The minimum Gasteiger partial charge on any atom is -0.481 e. The molecule has 0 aromatic heterocycles. The number of nitrogens with zero attached hydrogens (tertiary/aromatic N) is 1. The van der Waals surface area contributed by atoms with Crippen LogP contribution in [0.1, 0.15) is 13.8 Å². The fourth-order valence-corrected chi connectivity index (χ4v) is 2.84. The second kappa shape index (κ2) is 4.48. The molecule has 1 unspecified atom stereocenters. The number of hydrogen-bond donors (Lipinski definition) is 2. The third-order valence-electron chi connectivity index (χ3n) is 4.10. The van der Waals surface area contributed by atoms with E-state index in [2.05, 4.69) is 0 Å². The Morgan fingerprint density at radius 2 is 1.95 bits per heavy atom. The van der Waals surface area contributed by atoms with Gasteiger partial charge in [-0.25, -0.2) is 0 Å². The van der Waals surface area contributed by atoms with Crippen LogP contribution < -0.4 is 5.73 Å². The van der Waals surface area contributed by atoms with Crippen molar-refractivity contribution in [3.63, 3.8) is 0 Å². The van der Waals surface area contributed by atoms with Gasteiger partial charge in [-0.15, -0.1) is 0 Å². The third-order valence-corrected chi connectivity index (χ3v) is 4.10. The van der Waals surface area contributed by atoms with Crippen molar-refractivity contribution in [3.05, 3.63) is 0 Å². The molecular formula is C12H18N2O5. The summed E-state index contributed by atoms with van der Waals surface area (Å²) in [6, 6.07) is -0.799. The average molecular weight is 270 g/mol. The van der Waals surface area contributed by atoms with Crippen molar-refractivity contribution in [2.45, 2.75) is 19.9 Å². The van der Waals surface area contributed by atoms with E-state index in [1.54, 1.807) is 13.8 Å². The molecule has 3 N–H and O–H groups in total. The highest BCUT2D eigenvalue weighted by Crippen LogP contribution is 2.59. The van der Waals surface area contributed by atoms with E-state index in [4.69, 9.17) is 15.6 Å². The number of nitrogens with two attached hydrogens (primary N) is 1. The lowest BCUT2D eigenvalue weighted by Crippen LogP contribution is -2.55. The highest BCUT2D eigenvalue weighted by Gasteiger charge is 2.67. The fourth-order valence-electron chi connectivity index (χ4n) is 2.84. The van der Waals surface area contributed by atoms with E-state index in [0.717, 1.165) is 0 Å². The van der Waals surface area contributed by atoms with E-state index in [1.807, 2.05) is 0 Å². The van der Waals surface area contributed by atoms with E-state index >= 15 is 0 Å². The first-order valence-electron chi connectivity index (χ1n) is 6.18. The molecule has 1 heterocycles. The molecule has 0 bridgehead atoms. The van der Waals surface area contributed by atoms with E-state index in [-0.39, 0.29) is 19.1 Å². The molecule has 3 atom stereocenters. The largest absolute Gasteiger partial charge is 0.481 e. The molecule has 0 aromatic carbocycles. The summed E-state index contributed by atoms with van der Waals surface area (Å²) >= 11 is 0. The first kappa shape index (κ1) is 13.8. The van der Waals surface area contributed by atoms with Gasteiger partial charge in [0.1, 0.15) is 6.04 Å². The summed E-state index contributed by atoms with van der Waals surface area (Å²) in [6.45, 7) is 4.17. The van der Waals surface area contributed by atoms with Crippen LogP contribution in [0.5, 0.6) is 0 Å². The second-order valence-corrected chi connectivity index (χ2v) is 5.64. The van der Waals surface area contributed by atoms with Crippen LogP contribution in [-0.2, 0) is 19.1 Å². The van der Waals surface area contributed by atoms with Crippen LogP contribution in [-0.4, -0.2) is 53.6 Å². The van der Waals surface area contributed by atoms with Crippen LogP contribution in [0.4, 0.5) is 0 Å². The number of hydrogen-bond acceptors (Lipinski definition) is 4. The number of morpholine rings is 1. The zero-order valence-electron chi connectivity index (χ0n) is 11.0. The van der Waals surface area contributed by atoms with Crippen molar-refractivity contribution in [1.29, 1.82) is 0 Å². The third kappa shape index (κ3) is 2.18. The summed E-state index contributed by atoms with van der Waals surface area (Å²) in [4.78, 5) is 36.2. The maximum absolute atomic E-state index is 12.4. The van der Waals surface area contributed by atoms with Crippen molar-refractivity contribution in [2.75, 3.05) is 19.8 Å². The Bertz CT molecular complexity index is 434. The molecule has 1 saturated carbocycles. The Labute approximate surface area is 110 Å². The number of primary amides is 1. The lowest BCUT2D eigenvalue weighted by molar-refractivity contribution is -0.150. The lowest BCUT2D eigenvalue weighted by Gasteiger charge is -2.34. The molecule has 2 fully saturated rings.